The molecule has 0 aliphatic carbocycles. The number of carbonyl (C=O) groups excluding carboxylic acids is 1. The highest BCUT2D eigenvalue weighted by Crippen LogP contribution is 2.31. The van der Waals surface area contributed by atoms with Crippen molar-refractivity contribution in [2.45, 2.75) is 38.9 Å². The molecule has 3 aromatic rings. The van der Waals surface area contributed by atoms with Gasteiger partial charge in [0.1, 0.15) is 12.4 Å². The van der Waals surface area contributed by atoms with E-state index in [2.05, 4.69) is 11.4 Å². The van der Waals surface area contributed by atoms with Gasteiger partial charge in [-0.25, -0.2) is 4.79 Å². The highest BCUT2D eigenvalue weighted by Gasteiger charge is 2.20. The number of methoxy groups -OCH3 is 1. The van der Waals surface area contributed by atoms with Gasteiger partial charge in [-0.05, 0) is 41.8 Å². The summed E-state index contributed by atoms with van der Waals surface area (Å²) in [5.41, 5.74) is 2.29. The Labute approximate surface area is 220 Å². The van der Waals surface area contributed by atoms with Crippen molar-refractivity contribution in [2.24, 2.45) is 7.05 Å². The Balaban J connectivity index is 1.43. The number of hydrogen-bond donors (Lipinski definition) is 1. The Bertz CT molecular complexity index is 1400. The molecule has 1 atom stereocenters. The van der Waals surface area contributed by atoms with Gasteiger partial charge in [0.2, 0.25) is 0 Å². The molecule has 1 aliphatic rings. The number of hydrogen-bond acceptors (Lipinski definition) is 8. The maximum absolute atomic E-state index is 12.3. The lowest BCUT2D eigenvalue weighted by atomic mass is 9.99. The van der Waals surface area contributed by atoms with Gasteiger partial charge in [0, 0.05) is 38.3 Å². The Morgan fingerprint density at radius 3 is 2.76 bits per heavy atom. The minimum absolute atomic E-state index is 0.111. The fourth-order valence-electron chi connectivity index (χ4n) is 4.37. The molecule has 10 heteroatoms. The number of fused-ring (bicyclic) bond motifs is 1. The third-order valence-electron chi connectivity index (χ3n) is 6.38. The summed E-state index contributed by atoms with van der Waals surface area (Å²) in [5, 5.41) is 3.47. The second kappa shape index (κ2) is 12.5. The molecule has 10 nitrogen and oxygen atoms in total. The van der Waals surface area contributed by atoms with Gasteiger partial charge in [-0.2, -0.15) is 0 Å². The number of ether oxygens (including phenoxy) is 4. The van der Waals surface area contributed by atoms with E-state index in [1.807, 2.05) is 24.3 Å². The summed E-state index contributed by atoms with van der Waals surface area (Å²) in [6, 6.07) is 12.7. The van der Waals surface area contributed by atoms with E-state index >= 15 is 0 Å². The third-order valence-corrected chi connectivity index (χ3v) is 6.38. The molecule has 202 valence electrons. The molecule has 2 aromatic carbocycles. The summed E-state index contributed by atoms with van der Waals surface area (Å²) in [6.45, 7) is 3.50. The molecule has 0 spiro atoms. The fraction of sp³-hybridized carbons (Fsp3) is 0.393. The number of aryl methyl sites for hydroxylation is 1. The normalized spacial score (nSPS) is 12.9. The molecule has 0 fully saturated rings. The zero-order valence-electron chi connectivity index (χ0n) is 21.9. The van der Waals surface area contributed by atoms with Crippen LogP contribution in [0.15, 0.2) is 58.3 Å². The quantitative estimate of drug-likeness (QED) is 0.361. The Hall–Kier alpha value is -4.05. The van der Waals surface area contributed by atoms with Crippen LogP contribution in [0.25, 0.3) is 0 Å². The van der Waals surface area contributed by atoms with Crippen LogP contribution in [-0.2, 0) is 36.1 Å². The van der Waals surface area contributed by atoms with Gasteiger partial charge in [0.15, 0.2) is 11.5 Å². The number of esters is 1. The van der Waals surface area contributed by atoms with E-state index in [1.54, 1.807) is 27.1 Å². The van der Waals surface area contributed by atoms with Crippen LogP contribution in [0, 0.1) is 0 Å². The SMILES string of the molecule is CCOC(=O)CC(NCc1ccc(OCCn2c(=O)ccn(C)c2=O)c(OC)c1)c1ccc2c(c1)CCO2. The number of nitrogens with one attached hydrogen (secondary N) is 1. The monoisotopic (exact) mass is 523 g/mol. The second-order valence-corrected chi connectivity index (χ2v) is 8.94. The molecule has 0 amide bonds. The molecule has 4 rings (SSSR count). The first-order valence-electron chi connectivity index (χ1n) is 12.6. The lowest BCUT2D eigenvalue weighted by Gasteiger charge is -2.20. The maximum Gasteiger partial charge on any atom is 0.330 e. The van der Waals surface area contributed by atoms with Crippen LogP contribution in [0.3, 0.4) is 0 Å². The molecular formula is C28H33N3O7. The first-order chi connectivity index (χ1) is 18.4. The van der Waals surface area contributed by atoms with E-state index < -0.39 is 5.69 Å². The van der Waals surface area contributed by atoms with Gasteiger partial charge >= 0.3 is 11.7 Å². The van der Waals surface area contributed by atoms with E-state index in [0.29, 0.717) is 31.3 Å². The van der Waals surface area contributed by atoms with E-state index in [9.17, 15) is 14.4 Å². The molecule has 1 aliphatic heterocycles. The van der Waals surface area contributed by atoms with Crippen LogP contribution >= 0.6 is 0 Å². The van der Waals surface area contributed by atoms with E-state index in [-0.39, 0.29) is 37.1 Å². The average Bonchev–Trinajstić information content (AvgIpc) is 3.39. The van der Waals surface area contributed by atoms with E-state index in [1.165, 1.54) is 16.8 Å². The molecular weight excluding hydrogens is 490 g/mol. The van der Waals surface area contributed by atoms with Crippen molar-refractivity contribution < 1.29 is 23.7 Å². The van der Waals surface area contributed by atoms with Crippen LogP contribution in [0.5, 0.6) is 17.2 Å². The van der Waals surface area contributed by atoms with Crippen LogP contribution in [-0.4, -0.2) is 42.0 Å². The largest absolute Gasteiger partial charge is 0.493 e. The maximum atomic E-state index is 12.3. The minimum atomic E-state index is -0.400. The van der Waals surface area contributed by atoms with Gasteiger partial charge < -0.3 is 28.8 Å². The van der Waals surface area contributed by atoms with Gasteiger partial charge in [-0.1, -0.05) is 18.2 Å². The van der Waals surface area contributed by atoms with Crippen molar-refractivity contribution in [1.29, 1.82) is 0 Å². The highest BCUT2D eigenvalue weighted by atomic mass is 16.5. The first kappa shape index (κ1) is 27.0. The summed E-state index contributed by atoms with van der Waals surface area (Å²) in [6.07, 6.45) is 2.49. The van der Waals surface area contributed by atoms with Crippen LogP contribution in [0.2, 0.25) is 0 Å². The minimum Gasteiger partial charge on any atom is -0.493 e. The predicted octanol–water partition coefficient (Wildman–Crippen LogP) is 2.35. The van der Waals surface area contributed by atoms with Gasteiger partial charge in [0.05, 0.1) is 33.3 Å². The van der Waals surface area contributed by atoms with Crippen molar-refractivity contribution in [1.82, 2.24) is 14.5 Å². The van der Waals surface area contributed by atoms with Crippen molar-refractivity contribution in [3.63, 3.8) is 0 Å². The standard InChI is InChI=1S/C28H33N3O7/c1-4-36-27(33)17-22(20-6-8-23-21(16-20)10-13-37-23)29-18-19-5-7-24(25(15-19)35-3)38-14-12-31-26(32)9-11-30(2)28(31)34/h5-9,11,15-16,22,29H,4,10,12-14,17-18H2,1-3H3. The molecule has 0 bridgehead atoms. The Kier molecular flexibility index (Phi) is 8.85. The topological polar surface area (TPSA) is 110 Å². The van der Waals surface area contributed by atoms with Crippen molar-refractivity contribution in [2.75, 3.05) is 26.9 Å². The summed E-state index contributed by atoms with van der Waals surface area (Å²) in [4.78, 5) is 36.5. The molecule has 1 aromatic heterocycles. The van der Waals surface area contributed by atoms with Crippen LogP contribution in [0.4, 0.5) is 0 Å². The second-order valence-electron chi connectivity index (χ2n) is 8.94. The number of carbonyl (C=O) groups is 1. The number of aromatic nitrogens is 2. The molecule has 0 saturated carbocycles. The summed E-state index contributed by atoms with van der Waals surface area (Å²) >= 11 is 0. The predicted molar refractivity (Wildman–Crippen MR) is 141 cm³/mol. The molecule has 0 radical (unpaired) electrons. The Morgan fingerprint density at radius 2 is 1.97 bits per heavy atom. The molecule has 2 heterocycles. The average molecular weight is 524 g/mol. The molecule has 1 unspecified atom stereocenters. The Morgan fingerprint density at radius 1 is 1.13 bits per heavy atom. The zero-order chi connectivity index (χ0) is 27.1. The van der Waals surface area contributed by atoms with Crippen LogP contribution in [0.1, 0.15) is 36.1 Å². The number of rotatable bonds is 12. The zero-order valence-corrected chi connectivity index (χ0v) is 21.9. The van der Waals surface area contributed by atoms with Crippen molar-refractivity contribution in [3.05, 3.63) is 86.2 Å². The van der Waals surface area contributed by atoms with E-state index in [0.717, 1.165) is 33.4 Å². The van der Waals surface area contributed by atoms with E-state index in [4.69, 9.17) is 18.9 Å². The number of nitrogens with zero attached hydrogens (tertiary/aromatic N) is 2. The highest BCUT2D eigenvalue weighted by molar-refractivity contribution is 5.70. The molecule has 0 saturated heterocycles. The lowest BCUT2D eigenvalue weighted by Crippen LogP contribution is -2.39. The summed E-state index contributed by atoms with van der Waals surface area (Å²) < 4.78 is 24.6. The summed E-state index contributed by atoms with van der Waals surface area (Å²) in [5.74, 6) is 1.64. The van der Waals surface area contributed by atoms with Crippen molar-refractivity contribution >= 4 is 5.97 Å². The van der Waals surface area contributed by atoms with Gasteiger partial charge in [0.25, 0.3) is 5.56 Å². The third kappa shape index (κ3) is 6.44. The van der Waals surface area contributed by atoms with Crippen LogP contribution < -0.4 is 30.8 Å². The lowest BCUT2D eigenvalue weighted by molar-refractivity contribution is -0.143. The summed E-state index contributed by atoms with van der Waals surface area (Å²) in [7, 11) is 3.14. The smallest absolute Gasteiger partial charge is 0.330 e. The fourth-order valence-corrected chi connectivity index (χ4v) is 4.37. The molecule has 1 N–H and O–H groups in total. The van der Waals surface area contributed by atoms with Gasteiger partial charge in [-0.3, -0.25) is 14.2 Å². The number of benzene rings is 2. The van der Waals surface area contributed by atoms with Crippen molar-refractivity contribution in [3.8, 4) is 17.2 Å². The van der Waals surface area contributed by atoms with Gasteiger partial charge in [-0.15, -0.1) is 0 Å². The first-order valence-corrected chi connectivity index (χ1v) is 12.6. The molecule has 38 heavy (non-hydrogen) atoms.